The number of nitrogens with zero attached hydrogens (tertiary/aromatic N) is 1. The Labute approximate surface area is 353 Å². The van der Waals surface area contributed by atoms with Crippen LogP contribution in [0.5, 0.6) is 0 Å². The van der Waals surface area contributed by atoms with E-state index in [9.17, 15) is 24.2 Å². The van der Waals surface area contributed by atoms with Gasteiger partial charge in [0.1, 0.15) is 19.8 Å². The molecule has 0 aliphatic carbocycles. The molecule has 0 fully saturated rings. The first-order valence-electron chi connectivity index (χ1n) is 22.3. The molecule has 0 saturated heterocycles. The number of aliphatic hydroxyl groups is 1. The van der Waals surface area contributed by atoms with Crippen molar-refractivity contribution in [2.75, 3.05) is 47.5 Å². The van der Waals surface area contributed by atoms with Crippen molar-refractivity contribution in [2.45, 2.75) is 167 Å². The minimum Gasteiger partial charge on any atom is -0.756 e. The molecular formula is C47H82NO9P. The van der Waals surface area contributed by atoms with Gasteiger partial charge in [-0.3, -0.25) is 14.2 Å². The SMILES string of the molecule is CC/C=C\C/C=C\C/C=C\C/C=C\C/C=C\C=C/C(O)CCC(=O)O[C@H](COC(=O)CCCCCCCCCCCCCCCC)COP(=O)([O-])OCC[N+](C)(C)C. The van der Waals surface area contributed by atoms with Gasteiger partial charge in [0.05, 0.1) is 33.9 Å². The molecule has 0 aliphatic heterocycles. The quantitative estimate of drug-likeness (QED) is 0.0160. The van der Waals surface area contributed by atoms with Crippen LogP contribution in [0.1, 0.15) is 155 Å². The second-order valence-corrected chi connectivity index (χ2v) is 17.3. The third kappa shape index (κ3) is 41.6. The molecule has 0 bridgehead atoms. The monoisotopic (exact) mass is 836 g/mol. The summed E-state index contributed by atoms with van der Waals surface area (Å²) < 4.78 is 33.7. The number of carbonyl (C=O) groups is 2. The van der Waals surface area contributed by atoms with Crippen LogP contribution in [-0.4, -0.2) is 81.2 Å². The number of quaternary nitrogens is 1. The minimum absolute atomic E-state index is 0.0755. The smallest absolute Gasteiger partial charge is 0.306 e. The molecule has 2 unspecified atom stereocenters. The van der Waals surface area contributed by atoms with Crippen LogP contribution in [0.3, 0.4) is 0 Å². The summed E-state index contributed by atoms with van der Waals surface area (Å²) in [5, 5.41) is 10.3. The molecule has 0 aromatic rings. The highest BCUT2D eigenvalue weighted by atomic mass is 31.2. The maximum atomic E-state index is 12.7. The first-order chi connectivity index (χ1) is 27.9. The molecule has 0 aromatic carbocycles. The lowest BCUT2D eigenvalue weighted by Gasteiger charge is -2.28. The predicted octanol–water partition coefficient (Wildman–Crippen LogP) is 11.0. The van der Waals surface area contributed by atoms with Gasteiger partial charge in [0.25, 0.3) is 7.82 Å². The number of hydrogen-bond donors (Lipinski definition) is 1. The fourth-order valence-corrected chi connectivity index (χ4v) is 6.32. The van der Waals surface area contributed by atoms with E-state index in [4.69, 9.17) is 18.5 Å². The van der Waals surface area contributed by atoms with E-state index in [1.165, 1.54) is 64.2 Å². The first kappa shape index (κ1) is 55.4. The second kappa shape index (κ2) is 38.6. The molecule has 10 nitrogen and oxygen atoms in total. The Bertz CT molecular complexity index is 1230. The molecule has 0 aliphatic rings. The van der Waals surface area contributed by atoms with E-state index in [1.807, 2.05) is 33.3 Å². The summed E-state index contributed by atoms with van der Waals surface area (Å²) in [5.41, 5.74) is 0. The Balaban J connectivity index is 4.61. The minimum atomic E-state index is -4.69. The number of unbranched alkanes of at least 4 members (excludes halogenated alkanes) is 13. The van der Waals surface area contributed by atoms with Gasteiger partial charge < -0.3 is 33.0 Å². The normalized spacial score (nSPS) is 14.8. The highest BCUT2D eigenvalue weighted by molar-refractivity contribution is 7.45. The van der Waals surface area contributed by atoms with E-state index >= 15 is 0 Å². The van der Waals surface area contributed by atoms with Crippen LogP contribution in [-0.2, 0) is 32.7 Å². The summed E-state index contributed by atoms with van der Waals surface area (Å²) >= 11 is 0. The van der Waals surface area contributed by atoms with E-state index in [1.54, 1.807) is 12.2 Å². The average Bonchev–Trinajstić information content (AvgIpc) is 3.17. The number of rotatable bonds is 39. The molecule has 0 spiro atoms. The number of allylic oxidation sites excluding steroid dienone is 11. The summed E-state index contributed by atoms with van der Waals surface area (Å²) in [5.74, 6) is -1.12. The number of carbonyl (C=O) groups excluding carboxylic acids is 2. The molecule has 0 rings (SSSR count). The number of phosphoric ester groups is 1. The van der Waals surface area contributed by atoms with Gasteiger partial charge in [-0.2, -0.15) is 0 Å². The number of aliphatic hydroxyl groups excluding tert-OH is 1. The van der Waals surface area contributed by atoms with Crippen LogP contribution in [0.15, 0.2) is 72.9 Å². The average molecular weight is 836 g/mol. The molecule has 0 amide bonds. The van der Waals surface area contributed by atoms with Crippen molar-refractivity contribution < 1.29 is 47.2 Å². The van der Waals surface area contributed by atoms with Gasteiger partial charge >= 0.3 is 11.9 Å². The zero-order chi connectivity index (χ0) is 43.0. The van der Waals surface area contributed by atoms with E-state index in [2.05, 4.69) is 62.5 Å². The van der Waals surface area contributed by atoms with Gasteiger partial charge in [0, 0.05) is 12.8 Å². The topological polar surface area (TPSA) is 131 Å². The number of hydrogen-bond acceptors (Lipinski definition) is 9. The Morgan fingerprint density at radius 2 is 1.14 bits per heavy atom. The van der Waals surface area contributed by atoms with Gasteiger partial charge in [-0.1, -0.05) is 170 Å². The summed E-state index contributed by atoms with van der Waals surface area (Å²) in [7, 11) is 1.01. The van der Waals surface area contributed by atoms with Crippen LogP contribution in [0.25, 0.3) is 0 Å². The zero-order valence-corrected chi connectivity index (χ0v) is 38.0. The van der Waals surface area contributed by atoms with E-state index in [0.717, 1.165) is 51.4 Å². The largest absolute Gasteiger partial charge is 0.756 e. The standard InChI is InChI=1S/C47H82NO9P/c1-6-8-10-12-14-16-18-20-22-23-24-26-28-30-32-34-36-44(49)38-39-47(51)57-45(43-56-58(52,53)55-41-40-48(3,4)5)42-54-46(50)37-35-33-31-29-27-25-21-19-17-15-13-11-9-7-2/h8,10,14,16,20,22,24,26,30,32,34,36,44-45,49H,6-7,9,11-13,15,17-19,21,23,25,27-29,31,33,35,37-43H2,1-5H3/b10-8-,16-14-,22-20-,26-24-,32-30-,36-34-/t44?,45-/m1/s1. The molecule has 3 atom stereocenters. The van der Waals surface area contributed by atoms with E-state index < -0.39 is 38.6 Å². The maximum Gasteiger partial charge on any atom is 0.306 e. The van der Waals surface area contributed by atoms with Crippen LogP contribution < -0.4 is 4.89 Å². The van der Waals surface area contributed by atoms with Gasteiger partial charge in [0.2, 0.25) is 0 Å². The highest BCUT2D eigenvalue weighted by Crippen LogP contribution is 2.38. The predicted molar refractivity (Wildman–Crippen MR) is 237 cm³/mol. The lowest BCUT2D eigenvalue weighted by atomic mass is 10.0. The molecule has 0 aromatic heterocycles. The van der Waals surface area contributed by atoms with Crippen LogP contribution >= 0.6 is 7.82 Å². The van der Waals surface area contributed by atoms with Crippen molar-refractivity contribution in [1.82, 2.24) is 0 Å². The maximum absolute atomic E-state index is 12.7. The van der Waals surface area contributed by atoms with Gasteiger partial charge in [-0.25, -0.2) is 0 Å². The van der Waals surface area contributed by atoms with Crippen LogP contribution in [0.4, 0.5) is 0 Å². The third-order valence-corrected chi connectivity index (χ3v) is 10.1. The summed E-state index contributed by atoms with van der Waals surface area (Å²) in [6.07, 6.45) is 44.0. The fourth-order valence-electron chi connectivity index (χ4n) is 5.59. The second-order valence-electron chi connectivity index (χ2n) is 15.9. The van der Waals surface area contributed by atoms with Crippen molar-refractivity contribution in [2.24, 2.45) is 0 Å². The van der Waals surface area contributed by atoms with Gasteiger partial charge in [0.15, 0.2) is 6.10 Å². The Morgan fingerprint density at radius 1 is 0.638 bits per heavy atom. The number of ether oxygens (including phenoxy) is 2. The molecule has 0 saturated carbocycles. The molecule has 58 heavy (non-hydrogen) atoms. The number of phosphoric acid groups is 1. The zero-order valence-electron chi connectivity index (χ0n) is 37.1. The number of esters is 2. The van der Waals surface area contributed by atoms with Crippen molar-refractivity contribution in [3.8, 4) is 0 Å². The molecule has 0 radical (unpaired) electrons. The highest BCUT2D eigenvalue weighted by Gasteiger charge is 2.22. The van der Waals surface area contributed by atoms with Gasteiger partial charge in [-0.15, -0.1) is 0 Å². The lowest BCUT2D eigenvalue weighted by molar-refractivity contribution is -0.870. The molecule has 0 heterocycles. The molecule has 11 heteroatoms. The van der Waals surface area contributed by atoms with Crippen molar-refractivity contribution >= 4 is 19.8 Å². The van der Waals surface area contributed by atoms with E-state index in [0.29, 0.717) is 17.4 Å². The third-order valence-electron chi connectivity index (χ3n) is 9.11. The summed E-state index contributed by atoms with van der Waals surface area (Å²) in [6.45, 7) is 3.82. The molecule has 1 N–H and O–H groups in total. The number of likely N-dealkylation sites (N-methyl/N-ethyl adjacent to an activating group) is 1. The Morgan fingerprint density at radius 3 is 1.66 bits per heavy atom. The molecule has 334 valence electrons. The first-order valence-corrected chi connectivity index (χ1v) is 23.7. The van der Waals surface area contributed by atoms with Gasteiger partial charge in [-0.05, 0) is 44.9 Å². The van der Waals surface area contributed by atoms with Crippen molar-refractivity contribution in [1.29, 1.82) is 0 Å². The summed E-state index contributed by atoms with van der Waals surface area (Å²) in [4.78, 5) is 37.6. The van der Waals surface area contributed by atoms with Crippen LogP contribution in [0.2, 0.25) is 0 Å². The van der Waals surface area contributed by atoms with Crippen LogP contribution in [0, 0.1) is 0 Å². The summed E-state index contributed by atoms with van der Waals surface area (Å²) in [6, 6.07) is 0. The fraction of sp³-hybridized carbons (Fsp3) is 0.702. The Kier molecular flexibility index (Phi) is 36.9. The van der Waals surface area contributed by atoms with Crippen molar-refractivity contribution in [3.05, 3.63) is 72.9 Å². The molecular weight excluding hydrogens is 753 g/mol. The van der Waals surface area contributed by atoms with E-state index in [-0.39, 0.29) is 32.5 Å². The Hall–Kier alpha value is -2.59. The van der Waals surface area contributed by atoms with Crippen molar-refractivity contribution in [3.63, 3.8) is 0 Å². The lowest BCUT2D eigenvalue weighted by Crippen LogP contribution is -2.37.